The summed E-state index contributed by atoms with van der Waals surface area (Å²) >= 11 is 3.39. The minimum atomic E-state index is -0.494. The highest BCUT2D eigenvalue weighted by Crippen LogP contribution is 2.29. The Labute approximate surface area is 156 Å². The molecule has 1 fully saturated rings. The zero-order chi connectivity index (χ0) is 17.8. The smallest absolute Gasteiger partial charge is 0.263 e. The Bertz CT molecular complexity index is 707. The first-order valence-electron chi connectivity index (χ1n) is 8.53. The minimum Gasteiger partial charge on any atom is -0.508 e. The van der Waals surface area contributed by atoms with E-state index >= 15 is 0 Å². The van der Waals surface area contributed by atoms with E-state index in [9.17, 15) is 9.90 Å². The lowest BCUT2D eigenvalue weighted by Gasteiger charge is -2.33. The van der Waals surface area contributed by atoms with E-state index in [4.69, 9.17) is 4.74 Å². The first-order chi connectivity index (χ1) is 12.0. The van der Waals surface area contributed by atoms with Crippen LogP contribution in [0.5, 0.6) is 11.5 Å². The number of benzene rings is 2. The molecule has 1 amide bonds. The first-order valence-corrected chi connectivity index (χ1v) is 9.32. The summed E-state index contributed by atoms with van der Waals surface area (Å²) in [5, 5.41) is 9.40. The maximum absolute atomic E-state index is 12.6. The van der Waals surface area contributed by atoms with Crippen molar-refractivity contribution in [1.82, 2.24) is 4.90 Å². The molecule has 1 aliphatic heterocycles. The number of carbonyl (C=O) groups excluding carboxylic acids is 1. The van der Waals surface area contributed by atoms with Gasteiger partial charge in [-0.3, -0.25) is 4.79 Å². The molecule has 0 spiro atoms. The molecule has 2 aromatic rings. The van der Waals surface area contributed by atoms with Crippen molar-refractivity contribution in [3.63, 3.8) is 0 Å². The molecular weight excluding hydrogens is 382 g/mol. The van der Waals surface area contributed by atoms with Crippen LogP contribution in [0.15, 0.2) is 53.0 Å². The van der Waals surface area contributed by atoms with Gasteiger partial charge in [0.05, 0.1) is 0 Å². The Morgan fingerprint density at radius 1 is 1.12 bits per heavy atom. The largest absolute Gasteiger partial charge is 0.508 e. The number of carbonyl (C=O) groups is 1. The molecule has 5 heteroatoms. The predicted molar refractivity (Wildman–Crippen MR) is 101 cm³/mol. The van der Waals surface area contributed by atoms with Gasteiger partial charge in [-0.25, -0.2) is 0 Å². The lowest BCUT2D eigenvalue weighted by atomic mass is 9.89. The molecule has 25 heavy (non-hydrogen) atoms. The van der Waals surface area contributed by atoms with Crippen LogP contribution in [0.4, 0.5) is 0 Å². The number of rotatable bonds is 4. The Hall–Kier alpha value is -2.01. The zero-order valence-corrected chi connectivity index (χ0v) is 15.8. The molecule has 1 N–H and O–H groups in total. The molecule has 0 aliphatic carbocycles. The number of hydrogen-bond acceptors (Lipinski definition) is 3. The number of likely N-dealkylation sites (tertiary alicyclic amines) is 1. The van der Waals surface area contributed by atoms with Gasteiger partial charge >= 0.3 is 0 Å². The number of hydrogen-bond donors (Lipinski definition) is 1. The molecule has 132 valence electrons. The fraction of sp³-hybridized carbons (Fsp3) is 0.350. The van der Waals surface area contributed by atoms with Crippen LogP contribution >= 0.6 is 15.9 Å². The lowest BCUT2D eigenvalue weighted by Crippen LogP contribution is -2.44. The van der Waals surface area contributed by atoms with Crippen molar-refractivity contribution in [2.45, 2.75) is 31.8 Å². The standard InChI is InChI=1S/C20H22BrNO3/c1-14(25-19-8-4-17(21)5-9-19)20(24)22-12-10-16(11-13-22)15-2-6-18(23)7-3-15/h2-9,14,16,23H,10-13H2,1H3/t14-/m0/s1. The van der Waals surface area contributed by atoms with Crippen molar-refractivity contribution < 1.29 is 14.6 Å². The number of piperidine rings is 1. The number of phenolic OH excluding ortho intramolecular Hbond substituents is 1. The normalized spacial score (nSPS) is 16.5. The highest BCUT2D eigenvalue weighted by Gasteiger charge is 2.27. The van der Waals surface area contributed by atoms with Gasteiger partial charge in [-0.05, 0) is 67.6 Å². The summed E-state index contributed by atoms with van der Waals surface area (Å²) < 4.78 is 6.75. The second-order valence-electron chi connectivity index (χ2n) is 6.41. The van der Waals surface area contributed by atoms with Gasteiger partial charge in [0.25, 0.3) is 5.91 Å². The maximum atomic E-state index is 12.6. The Balaban J connectivity index is 1.53. The molecule has 0 unspecified atom stereocenters. The zero-order valence-electron chi connectivity index (χ0n) is 14.2. The van der Waals surface area contributed by atoms with E-state index in [-0.39, 0.29) is 11.7 Å². The van der Waals surface area contributed by atoms with E-state index in [1.807, 2.05) is 41.3 Å². The monoisotopic (exact) mass is 403 g/mol. The van der Waals surface area contributed by atoms with E-state index < -0.39 is 6.10 Å². The molecule has 1 saturated heterocycles. The quantitative estimate of drug-likeness (QED) is 0.826. The fourth-order valence-electron chi connectivity index (χ4n) is 3.20. The van der Waals surface area contributed by atoms with Gasteiger partial charge in [-0.2, -0.15) is 0 Å². The number of phenols is 1. The van der Waals surface area contributed by atoms with Gasteiger partial charge in [0.1, 0.15) is 11.5 Å². The summed E-state index contributed by atoms with van der Waals surface area (Å²) in [4.78, 5) is 14.5. The summed E-state index contributed by atoms with van der Waals surface area (Å²) in [5.41, 5.74) is 1.23. The minimum absolute atomic E-state index is 0.0343. The van der Waals surface area contributed by atoms with Crippen LogP contribution in [-0.2, 0) is 4.79 Å². The molecule has 0 saturated carbocycles. The third-order valence-electron chi connectivity index (χ3n) is 4.65. The van der Waals surface area contributed by atoms with Crippen LogP contribution in [0.1, 0.15) is 31.2 Å². The molecule has 3 rings (SSSR count). The average molecular weight is 404 g/mol. The van der Waals surface area contributed by atoms with Crippen molar-refractivity contribution in [3.8, 4) is 11.5 Å². The molecule has 0 radical (unpaired) electrons. The molecule has 4 nitrogen and oxygen atoms in total. The van der Waals surface area contributed by atoms with Gasteiger partial charge in [-0.1, -0.05) is 28.1 Å². The van der Waals surface area contributed by atoms with Crippen LogP contribution in [0, 0.1) is 0 Å². The summed E-state index contributed by atoms with van der Waals surface area (Å²) in [7, 11) is 0. The van der Waals surface area contributed by atoms with E-state index in [1.54, 1.807) is 19.1 Å². The highest BCUT2D eigenvalue weighted by atomic mass is 79.9. The number of halogens is 1. The van der Waals surface area contributed by atoms with E-state index in [0.29, 0.717) is 11.7 Å². The first kappa shape index (κ1) is 17.8. The van der Waals surface area contributed by atoms with Gasteiger partial charge < -0.3 is 14.7 Å². The summed E-state index contributed by atoms with van der Waals surface area (Å²) in [6, 6.07) is 14.9. The lowest BCUT2D eigenvalue weighted by molar-refractivity contribution is -0.139. The second kappa shape index (κ2) is 7.91. The number of amides is 1. The molecule has 0 bridgehead atoms. The SMILES string of the molecule is C[C@H](Oc1ccc(Br)cc1)C(=O)N1CCC(c2ccc(O)cc2)CC1. The van der Waals surface area contributed by atoms with Crippen LogP contribution in [-0.4, -0.2) is 35.1 Å². The van der Waals surface area contributed by atoms with Gasteiger partial charge in [-0.15, -0.1) is 0 Å². The van der Waals surface area contributed by atoms with Gasteiger partial charge in [0.2, 0.25) is 0 Å². The second-order valence-corrected chi connectivity index (χ2v) is 7.32. The van der Waals surface area contributed by atoms with Gasteiger partial charge in [0.15, 0.2) is 6.10 Å². The average Bonchev–Trinajstić information content (AvgIpc) is 2.64. The van der Waals surface area contributed by atoms with Crippen molar-refractivity contribution in [3.05, 3.63) is 58.6 Å². The van der Waals surface area contributed by atoms with Gasteiger partial charge in [0, 0.05) is 17.6 Å². The topological polar surface area (TPSA) is 49.8 Å². The van der Waals surface area contributed by atoms with E-state index in [1.165, 1.54) is 5.56 Å². The third kappa shape index (κ3) is 4.54. The molecule has 1 heterocycles. The van der Waals surface area contributed by atoms with Crippen molar-refractivity contribution in [2.75, 3.05) is 13.1 Å². The van der Waals surface area contributed by atoms with Crippen LogP contribution in [0.25, 0.3) is 0 Å². The third-order valence-corrected chi connectivity index (χ3v) is 5.17. The summed E-state index contributed by atoms with van der Waals surface area (Å²) in [6.07, 6.45) is 1.37. The molecule has 1 aliphatic rings. The molecule has 2 aromatic carbocycles. The summed E-state index contributed by atoms with van der Waals surface area (Å²) in [5.74, 6) is 1.46. The molecular formula is C20H22BrNO3. The Morgan fingerprint density at radius 3 is 2.32 bits per heavy atom. The van der Waals surface area contributed by atoms with Crippen molar-refractivity contribution in [1.29, 1.82) is 0 Å². The number of ether oxygens (including phenoxy) is 1. The fourth-order valence-corrected chi connectivity index (χ4v) is 3.47. The van der Waals surface area contributed by atoms with Crippen molar-refractivity contribution >= 4 is 21.8 Å². The van der Waals surface area contributed by atoms with Crippen LogP contribution in [0.2, 0.25) is 0 Å². The maximum Gasteiger partial charge on any atom is 0.263 e. The number of aromatic hydroxyl groups is 1. The molecule has 0 aromatic heterocycles. The predicted octanol–water partition coefficient (Wildman–Crippen LogP) is 4.33. The Kier molecular flexibility index (Phi) is 5.63. The van der Waals surface area contributed by atoms with E-state index in [0.717, 1.165) is 30.4 Å². The number of nitrogens with zero attached hydrogens (tertiary/aromatic N) is 1. The van der Waals surface area contributed by atoms with Crippen LogP contribution < -0.4 is 4.74 Å². The summed E-state index contributed by atoms with van der Waals surface area (Å²) in [6.45, 7) is 3.27. The molecule has 1 atom stereocenters. The highest BCUT2D eigenvalue weighted by molar-refractivity contribution is 9.10. The van der Waals surface area contributed by atoms with E-state index in [2.05, 4.69) is 15.9 Å². The Morgan fingerprint density at radius 2 is 1.72 bits per heavy atom. The van der Waals surface area contributed by atoms with Crippen LogP contribution in [0.3, 0.4) is 0 Å². The van der Waals surface area contributed by atoms with Crippen molar-refractivity contribution in [2.24, 2.45) is 0 Å².